The van der Waals surface area contributed by atoms with Gasteiger partial charge in [-0.1, -0.05) is 12.1 Å². The van der Waals surface area contributed by atoms with E-state index in [1.54, 1.807) is 24.5 Å². The molecule has 2 atom stereocenters. The van der Waals surface area contributed by atoms with E-state index in [9.17, 15) is 14.0 Å². The molecule has 1 saturated carbocycles. The third-order valence-electron chi connectivity index (χ3n) is 5.53. The number of hydrogen-bond donors (Lipinski definition) is 1. The van der Waals surface area contributed by atoms with Crippen molar-refractivity contribution in [1.29, 1.82) is 0 Å². The van der Waals surface area contributed by atoms with E-state index in [1.807, 2.05) is 11.0 Å². The van der Waals surface area contributed by atoms with Gasteiger partial charge in [-0.25, -0.2) is 4.39 Å². The molecule has 1 N–H and O–H groups in total. The van der Waals surface area contributed by atoms with Crippen LogP contribution in [0.25, 0.3) is 0 Å². The average Bonchev–Trinajstić information content (AvgIpc) is 2.99. The number of carbonyl (C=O) groups excluding carboxylic acids is 2. The molecule has 136 valence electrons. The molecule has 1 aliphatic heterocycles. The van der Waals surface area contributed by atoms with Gasteiger partial charge in [0.1, 0.15) is 11.6 Å². The molecule has 5 nitrogen and oxygen atoms in total. The summed E-state index contributed by atoms with van der Waals surface area (Å²) in [6.45, 7) is 1.71. The van der Waals surface area contributed by atoms with E-state index < -0.39 is 0 Å². The lowest BCUT2D eigenvalue weighted by molar-refractivity contribution is -0.130. The molecule has 1 aliphatic carbocycles. The maximum atomic E-state index is 13.0. The fourth-order valence-electron chi connectivity index (χ4n) is 3.88. The van der Waals surface area contributed by atoms with E-state index in [4.69, 9.17) is 4.42 Å². The molecule has 4 rings (SSSR count). The summed E-state index contributed by atoms with van der Waals surface area (Å²) in [4.78, 5) is 26.7. The van der Waals surface area contributed by atoms with Crippen LogP contribution in [0.4, 0.5) is 4.39 Å². The van der Waals surface area contributed by atoms with Crippen LogP contribution >= 0.6 is 0 Å². The van der Waals surface area contributed by atoms with E-state index >= 15 is 0 Å². The Morgan fingerprint density at radius 1 is 1.27 bits per heavy atom. The van der Waals surface area contributed by atoms with E-state index in [-0.39, 0.29) is 35.4 Å². The summed E-state index contributed by atoms with van der Waals surface area (Å²) in [5, 5.41) is 2.92. The Morgan fingerprint density at radius 2 is 2.08 bits per heavy atom. The zero-order valence-electron chi connectivity index (χ0n) is 14.4. The standard InChI is InChI=1S/C20H21FN2O3/c21-15-5-3-14(4-6-15)10-18(24)23-8-7-20(13-23)11-17(20)19(25)22-12-16-2-1-9-26-16/h1-6,9,17H,7-8,10-13H2,(H,22,25). The first-order chi connectivity index (χ1) is 12.6. The summed E-state index contributed by atoms with van der Waals surface area (Å²) in [5.41, 5.74) is 0.743. The molecule has 0 radical (unpaired) electrons. The number of nitrogens with one attached hydrogen (secondary N) is 1. The zero-order chi connectivity index (χ0) is 18.1. The zero-order valence-corrected chi connectivity index (χ0v) is 14.4. The summed E-state index contributed by atoms with van der Waals surface area (Å²) in [7, 11) is 0. The summed E-state index contributed by atoms with van der Waals surface area (Å²) in [5.74, 6) is 0.476. The third kappa shape index (κ3) is 3.36. The maximum absolute atomic E-state index is 13.0. The van der Waals surface area contributed by atoms with Gasteiger partial charge in [0.2, 0.25) is 11.8 Å². The average molecular weight is 356 g/mol. The van der Waals surface area contributed by atoms with Crippen molar-refractivity contribution in [2.45, 2.75) is 25.8 Å². The van der Waals surface area contributed by atoms with Crippen LogP contribution in [0.1, 0.15) is 24.2 Å². The molecule has 1 spiro atoms. The summed E-state index contributed by atoms with van der Waals surface area (Å²) < 4.78 is 18.2. The van der Waals surface area contributed by atoms with Crippen LogP contribution in [0, 0.1) is 17.2 Å². The molecule has 2 aliphatic rings. The van der Waals surface area contributed by atoms with E-state index in [2.05, 4.69) is 5.32 Å². The summed E-state index contributed by atoms with van der Waals surface area (Å²) in [6.07, 6.45) is 3.55. The Kier molecular flexibility index (Phi) is 4.26. The number of amides is 2. The second-order valence-corrected chi connectivity index (χ2v) is 7.28. The van der Waals surface area contributed by atoms with Crippen LogP contribution in [-0.2, 0) is 22.6 Å². The number of likely N-dealkylation sites (tertiary alicyclic amines) is 1. The lowest BCUT2D eigenvalue weighted by Crippen LogP contribution is -2.32. The van der Waals surface area contributed by atoms with Crippen molar-refractivity contribution in [3.8, 4) is 0 Å². The Hall–Kier alpha value is -2.63. The molecule has 0 bridgehead atoms. The molecule has 1 saturated heterocycles. The lowest BCUT2D eigenvalue weighted by atomic mass is 10.0. The molecule has 1 aromatic carbocycles. The Balaban J connectivity index is 1.29. The number of halogens is 1. The van der Waals surface area contributed by atoms with E-state index in [0.717, 1.165) is 24.2 Å². The number of rotatable bonds is 5. The van der Waals surface area contributed by atoms with Crippen LogP contribution < -0.4 is 5.32 Å². The number of carbonyl (C=O) groups is 2. The van der Waals surface area contributed by atoms with E-state index in [1.165, 1.54) is 12.1 Å². The largest absolute Gasteiger partial charge is 0.467 e. The van der Waals surface area contributed by atoms with Gasteiger partial charge in [0, 0.05) is 24.4 Å². The Morgan fingerprint density at radius 3 is 2.81 bits per heavy atom. The molecule has 26 heavy (non-hydrogen) atoms. The molecular weight excluding hydrogens is 335 g/mol. The molecule has 6 heteroatoms. The highest BCUT2D eigenvalue weighted by molar-refractivity contribution is 5.84. The minimum atomic E-state index is -0.303. The van der Waals surface area contributed by atoms with Gasteiger partial charge < -0.3 is 14.6 Å². The predicted molar refractivity (Wildman–Crippen MR) is 92.4 cm³/mol. The quantitative estimate of drug-likeness (QED) is 0.895. The van der Waals surface area contributed by atoms with Crippen LogP contribution in [0.2, 0.25) is 0 Å². The van der Waals surface area contributed by atoms with E-state index in [0.29, 0.717) is 19.6 Å². The molecule has 1 aromatic heterocycles. The fraction of sp³-hybridized carbons (Fsp3) is 0.400. The molecule has 2 unspecified atom stereocenters. The van der Waals surface area contributed by atoms with Gasteiger partial charge in [0.15, 0.2) is 0 Å². The second-order valence-electron chi connectivity index (χ2n) is 7.28. The molecule has 2 fully saturated rings. The third-order valence-corrected chi connectivity index (χ3v) is 5.53. The first-order valence-electron chi connectivity index (χ1n) is 8.88. The van der Waals surface area contributed by atoms with Crippen molar-refractivity contribution in [3.63, 3.8) is 0 Å². The monoisotopic (exact) mass is 356 g/mol. The van der Waals surface area contributed by atoms with Crippen LogP contribution in [-0.4, -0.2) is 29.8 Å². The van der Waals surface area contributed by atoms with Gasteiger partial charge in [0.05, 0.1) is 19.2 Å². The number of nitrogens with zero attached hydrogens (tertiary/aromatic N) is 1. The highest BCUT2D eigenvalue weighted by Crippen LogP contribution is 2.58. The molecule has 2 amide bonds. The molecular formula is C20H21FN2O3. The smallest absolute Gasteiger partial charge is 0.227 e. The predicted octanol–water partition coefficient (Wildman–Crippen LogP) is 2.52. The van der Waals surface area contributed by atoms with Gasteiger partial charge in [0.25, 0.3) is 0 Å². The lowest BCUT2D eigenvalue weighted by Gasteiger charge is -2.17. The first-order valence-corrected chi connectivity index (χ1v) is 8.88. The summed E-state index contributed by atoms with van der Waals surface area (Å²) >= 11 is 0. The van der Waals surface area contributed by atoms with Crippen molar-refractivity contribution >= 4 is 11.8 Å². The highest BCUT2D eigenvalue weighted by Gasteiger charge is 2.61. The van der Waals surface area contributed by atoms with Gasteiger partial charge in [-0.15, -0.1) is 0 Å². The summed E-state index contributed by atoms with van der Waals surface area (Å²) in [6, 6.07) is 9.64. The van der Waals surface area contributed by atoms with Gasteiger partial charge in [-0.3, -0.25) is 9.59 Å². The molecule has 2 aromatic rings. The molecule has 2 heterocycles. The second kappa shape index (κ2) is 6.59. The SMILES string of the molecule is O=C(NCc1ccco1)C1CC12CCN(C(=O)Cc1ccc(F)cc1)C2. The van der Waals surface area contributed by atoms with Crippen LogP contribution in [0.15, 0.2) is 47.1 Å². The topological polar surface area (TPSA) is 62.6 Å². The Labute approximate surface area is 151 Å². The maximum Gasteiger partial charge on any atom is 0.227 e. The number of hydrogen-bond acceptors (Lipinski definition) is 3. The van der Waals surface area contributed by atoms with Crippen LogP contribution in [0.5, 0.6) is 0 Å². The highest BCUT2D eigenvalue weighted by atomic mass is 19.1. The minimum absolute atomic E-state index is 0.0268. The first kappa shape index (κ1) is 16.8. The van der Waals surface area contributed by atoms with Crippen molar-refractivity contribution < 1.29 is 18.4 Å². The van der Waals surface area contributed by atoms with Crippen LogP contribution in [0.3, 0.4) is 0 Å². The normalized spacial score (nSPS) is 24.0. The number of furan rings is 1. The van der Waals surface area contributed by atoms with Gasteiger partial charge in [-0.05, 0) is 42.7 Å². The minimum Gasteiger partial charge on any atom is -0.467 e. The van der Waals surface area contributed by atoms with Crippen molar-refractivity contribution in [1.82, 2.24) is 10.2 Å². The Bertz CT molecular complexity index is 803. The fourth-order valence-corrected chi connectivity index (χ4v) is 3.88. The van der Waals surface area contributed by atoms with Crippen molar-refractivity contribution in [2.75, 3.05) is 13.1 Å². The number of benzene rings is 1. The van der Waals surface area contributed by atoms with Gasteiger partial charge in [-0.2, -0.15) is 0 Å². The van der Waals surface area contributed by atoms with Crippen molar-refractivity contribution in [3.05, 3.63) is 59.8 Å². The van der Waals surface area contributed by atoms with Crippen molar-refractivity contribution in [2.24, 2.45) is 11.3 Å². The van der Waals surface area contributed by atoms with Gasteiger partial charge >= 0.3 is 0 Å².